The molecule has 2 aromatic carbocycles. The van der Waals surface area contributed by atoms with Gasteiger partial charge in [0.15, 0.2) is 5.78 Å². The first-order valence-electron chi connectivity index (χ1n) is 6.16. The fraction of sp³-hybridized carbons (Fsp3) is 0.0625. The van der Waals surface area contributed by atoms with Gasteiger partial charge in [-0.2, -0.15) is 0 Å². The van der Waals surface area contributed by atoms with E-state index in [0.29, 0.717) is 20.6 Å². The van der Waals surface area contributed by atoms with Crippen LogP contribution in [0.3, 0.4) is 0 Å². The minimum Gasteiger partial charge on any atom is -0.362 e. The van der Waals surface area contributed by atoms with Crippen molar-refractivity contribution in [3.63, 3.8) is 0 Å². The Labute approximate surface area is 138 Å². The van der Waals surface area contributed by atoms with E-state index < -0.39 is 0 Å². The average molecular weight is 341 g/mol. The van der Waals surface area contributed by atoms with Gasteiger partial charge in [0.25, 0.3) is 0 Å². The molecular formula is C16H12Cl3NO. The number of carbonyl (C=O) groups is 1. The molecule has 0 aliphatic carbocycles. The Morgan fingerprint density at radius 1 is 1.05 bits per heavy atom. The summed E-state index contributed by atoms with van der Waals surface area (Å²) in [5.74, 6) is -0.206. The summed E-state index contributed by atoms with van der Waals surface area (Å²) in [6.45, 7) is 1.92. The first kappa shape index (κ1) is 15.9. The Bertz CT molecular complexity index is 711. The smallest absolute Gasteiger partial charge is 0.188 e. The normalized spacial score (nSPS) is 10.9. The molecule has 2 aromatic rings. The van der Waals surface area contributed by atoms with Crippen LogP contribution in [0, 0.1) is 6.92 Å². The molecule has 0 bridgehead atoms. The third-order valence-electron chi connectivity index (χ3n) is 2.85. The van der Waals surface area contributed by atoms with E-state index in [9.17, 15) is 4.79 Å². The van der Waals surface area contributed by atoms with E-state index in [-0.39, 0.29) is 5.78 Å². The summed E-state index contributed by atoms with van der Waals surface area (Å²) in [6.07, 6.45) is 2.96. The highest BCUT2D eigenvalue weighted by Crippen LogP contribution is 2.22. The van der Waals surface area contributed by atoms with E-state index in [1.54, 1.807) is 24.4 Å². The summed E-state index contributed by atoms with van der Waals surface area (Å²) in [5, 5.41) is 4.48. The highest BCUT2D eigenvalue weighted by Gasteiger charge is 2.07. The van der Waals surface area contributed by atoms with Gasteiger partial charge in [0.05, 0.1) is 5.02 Å². The Morgan fingerprint density at radius 2 is 1.81 bits per heavy atom. The molecule has 0 heterocycles. The van der Waals surface area contributed by atoms with Gasteiger partial charge in [-0.25, -0.2) is 0 Å². The quantitative estimate of drug-likeness (QED) is 0.566. The molecule has 0 fully saturated rings. The van der Waals surface area contributed by atoms with Gasteiger partial charge in [0, 0.05) is 33.6 Å². The van der Waals surface area contributed by atoms with Crippen LogP contribution in [0.2, 0.25) is 15.1 Å². The lowest BCUT2D eigenvalue weighted by Crippen LogP contribution is -1.97. The van der Waals surface area contributed by atoms with Crippen LogP contribution in [0.4, 0.5) is 5.69 Å². The second kappa shape index (κ2) is 6.99. The fourth-order valence-corrected chi connectivity index (χ4v) is 2.36. The van der Waals surface area contributed by atoms with Crippen LogP contribution in [-0.2, 0) is 0 Å². The summed E-state index contributed by atoms with van der Waals surface area (Å²) in [4.78, 5) is 12.0. The SMILES string of the molecule is Cc1ccc(N/C=C\C(=O)c2ccc(Cl)cc2Cl)cc1Cl. The predicted octanol–water partition coefficient (Wildman–Crippen LogP) is 5.76. The van der Waals surface area contributed by atoms with Gasteiger partial charge in [-0.3, -0.25) is 4.79 Å². The maximum Gasteiger partial charge on any atom is 0.188 e. The van der Waals surface area contributed by atoms with Crippen LogP contribution in [0.15, 0.2) is 48.7 Å². The molecule has 0 saturated carbocycles. The zero-order chi connectivity index (χ0) is 15.4. The molecule has 0 atom stereocenters. The van der Waals surface area contributed by atoms with E-state index in [4.69, 9.17) is 34.8 Å². The van der Waals surface area contributed by atoms with Crippen LogP contribution >= 0.6 is 34.8 Å². The molecule has 0 aliphatic rings. The Hall–Kier alpha value is -1.48. The average Bonchev–Trinajstić information content (AvgIpc) is 2.42. The minimum atomic E-state index is -0.206. The molecule has 108 valence electrons. The van der Waals surface area contributed by atoms with Gasteiger partial charge in [0.1, 0.15) is 0 Å². The van der Waals surface area contributed by atoms with Crippen LogP contribution in [-0.4, -0.2) is 5.78 Å². The van der Waals surface area contributed by atoms with Gasteiger partial charge in [-0.1, -0.05) is 40.9 Å². The Morgan fingerprint density at radius 3 is 2.48 bits per heavy atom. The molecule has 1 N–H and O–H groups in total. The lowest BCUT2D eigenvalue weighted by Gasteiger charge is -2.04. The predicted molar refractivity (Wildman–Crippen MR) is 89.7 cm³/mol. The van der Waals surface area contributed by atoms with Crippen LogP contribution < -0.4 is 5.32 Å². The Balaban J connectivity index is 2.06. The molecule has 0 aliphatic heterocycles. The van der Waals surface area contributed by atoms with Crippen molar-refractivity contribution in [1.29, 1.82) is 0 Å². The van der Waals surface area contributed by atoms with E-state index in [1.807, 2.05) is 19.1 Å². The van der Waals surface area contributed by atoms with Crippen LogP contribution in [0.1, 0.15) is 15.9 Å². The molecule has 0 radical (unpaired) electrons. The molecule has 0 saturated heterocycles. The van der Waals surface area contributed by atoms with E-state index in [2.05, 4.69) is 5.32 Å². The van der Waals surface area contributed by atoms with Crippen molar-refractivity contribution in [2.45, 2.75) is 6.92 Å². The van der Waals surface area contributed by atoms with Gasteiger partial charge in [-0.05, 0) is 42.8 Å². The van der Waals surface area contributed by atoms with Crippen molar-refractivity contribution in [2.24, 2.45) is 0 Å². The maximum absolute atomic E-state index is 12.0. The van der Waals surface area contributed by atoms with Gasteiger partial charge in [0.2, 0.25) is 0 Å². The monoisotopic (exact) mass is 339 g/mol. The number of allylic oxidation sites excluding steroid dienone is 1. The fourth-order valence-electron chi connectivity index (χ4n) is 1.68. The van der Waals surface area contributed by atoms with E-state index in [1.165, 1.54) is 12.1 Å². The second-order valence-electron chi connectivity index (χ2n) is 4.43. The number of benzene rings is 2. The largest absolute Gasteiger partial charge is 0.362 e. The first-order chi connectivity index (χ1) is 9.97. The number of halogens is 3. The number of rotatable bonds is 4. The number of carbonyl (C=O) groups excluding carboxylic acids is 1. The molecule has 21 heavy (non-hydrogen) atoms. The first-order valence-corrected chi connectivity index (χ1v) is 7.29. The van der Waals surface area contributed by atoms with Gasteiger partial charge in [-0.15, -0.1) is 0 Å². The zero-order valence-corrected chi connectivity index (χ0v) is 13.4. The molecule has 0 aromatic heterocycles. The molecule has 0 unspecified atom stereocenters. The van der Waals surface area contributed by atoms with Gasteiger partial charge >= 0.3 is 0 Å². The van der Waals surface area contributed by atoms with Crippen molar-refractivity contribution in [3.05, 3.63) is 74.9 Å². The maximum atomic E-state index is 12.0. The zero-order valence-electron chi connectivity index (χ0n) is 11.2. The highest BCUT2D eigenvalue weighted by atomic mass is 35.5. The minimum absolute atomic E-state index is 0.206. The Kier molecular flexibility index (Phi) is 5.29. The highest BCUT2D eigenvalue weighted by molar-refractivity contribution is 6.37. The summed E-state index contributed by atoms with van der Waals surface area (Å²) in [6, 6.07) is 10.3. The number of hydrogen-bond acceptors (Lipinski definition) is 2. The van der Waals surface area contributed by atoms with Crippen molar-refractivity contribution in [1.82, 2.24) is 0 Å². The van der Waals surface area contributed by atoms with E-state index in [0.717, 1.165) is 11.3 Å². The summed E-state index contributed by atoms with van der Waals surface area (Å²) in [7, 11) is 0. The second-order valence-corrected chi connectivity index (χ2v) is 5.68. The number of hydrogen-bond donors (Lipinski definition) is 1. The van der Waals surface area contributed by atoms with Crippen molar-refractivity contribution in [3.8, 4) is 0 Å². The van der Waals surface area contributed by atoms with Crippen LogP contribution in [0.5, 0.6) is 0 Å². The molecule has 2 nitrogen and oxygen atoms in total. The summed E-state index contributed by atoms with van der Waals surface area (Å²) >= 11 is 17.8. The lowest BCUT2D eigenvalue weighted by atomic mass is 10.1. The molecular weight excluding hydrogens is 329 g/mol. The van der Waals surface area contributed by atoms with Crippen molar-refractivity contribution in [2.75, 3.05) is 5.32 Å². The number of aryl methyl sites for hydroxylation is 1. The molecule has 2 rings (SSSR count). The number of nitrogens with one attached hydrogen (secondary N) is 1. The standard InChI is InChI=1S/C16H12Cl3NO/c1-10-2-4-12(9-14(10)18)20-7-6-16(21)13-5-3-11(17)8-15(13)19/h2-9,20H,1H3/b7-6-. The number of anilines is 1. The van der Waals surface area contributed by atoms with Crippen LogP contribution in [0.25, 0.3) is 0 Å². The van der Waals surface area contributed by atoms with E-state index >= 15 is 0 Å². The number of ketones is 1. The lowest BCUT2D eigenvalue weighted by molar-refractivity contribution is 0.104. The third kappa shape index (κ3) is 4.24. The van der Waals surface area contributed by atoms with Crippen molar-refractivity contribution >= 4 is 46.3 Å². The molecule has 0 amide bonds. The topological polar surface area (TPSA) is 29.1 Å². The summed E-state index contributed by atoms with van der Waals surface area (Å²) < 4.78 is 0. The van der Waals surface area contributed by atoms with Crippen molar-refractivity contribution < 1.29 is 4.79 Å². The van der Waals surface area contributed by atoms with Gasteiger partial charge < -0.3 is 5.32 Å². The molecule has 5 heteroatoms. The third-order valence-corrected chi connectivity index (χ3v) is 3.81. The molecule has 0 spiro atoms. The summed E-state index contributed by atoms with van der Waals surface area (Å²) in [5.41, 5.74) is 2.20.